The Kier molecular flexibility index (Phi) is 6.24. The highest BCUT2D eigenvalue weighted by molar-refractivity contribution is 5.87. The Hall–Kier alpha value is -2.66. The van der Waals surface area contributed by atoms with Crippen molar-refractivity contribution < 1.29 is 19.4 Å². The predicted molar refractivity (Wildman–Crippen MR) is 103 cm³/mol. The van der Waals surface area contributed by atoms with Crippen molar-refractivity contribution in [2.45, 2.75) is 32.3 Å². The average Bonchev–Trinajstić information content (AvgIpc) is 2.68. The zero-order valence-electron chi connectivity index (χ0n) is 15.5. The van der Waals surface area contributed by atoms with E-state index in [9.17, 15) is 9.59 Å². The second kappa shape index (κ2) is 8.82. The lowest BCUT2D eigenvalue weighted by atomic mass is 9.89. The minimum Gasteiger partial charge on any atom is -0.478 e. The Morgan fingerprint density at radius 1 is 1.11 bits per heavy atom. The van der Waals surface area contributed by atoms with Gasteiger partial charge in [0.05, 0.1) is 18.1 Å². The third-order valence-corrected chi connectivity index (χ3v) is 4.98. The average molecular weight is 367 g/mol. The first-order valence-electron chi connectivity index (χ1n) is 9.30. The van der Waals surface area contributed by atoms with E-state index in [2.05, 4.69) is 36.5 Å². The highest BCUT2D eigenvalue weighted by atomic mass is 16.5. The van der Waals surface area contributed by atoms with Crippen LogP contribution in [0.3, 0.4) is 0 Å². The topological polar surface area (TPSA) is 75.6 Å². The molecule has 2 N–H and O–H groups in total. The van der Waals surface area contributed by atoms with Crippen LogP contribution in [-0.4, -0.2) is 30.1 Å². The molecule has 1 fully saturated rings. The molecule has 0 aliphatic carbocycles. The number of amides is 1. The van der Waals surface area contributed by atoms with Gasteiger partial charge in [-0.1, -0.05) is 42.0 Å². The van der Waals surface area contributed by atoms with Gasteiger partial charge in [0.2, 0.25) is 5.91 Å². The zero-order chi connectivity index (χ0) is 19.2. The Morgan fingerprint density at radius 2 is 1.81 bits per heavy atom. The molecule has 1 aliphatic heterocycles. The van der Waals surface area contributed by atoms with Crippen LogP contribution in [0.5, 0.6) is 0 Å². The summed E-state index contributed by atoms with van der Waals surface area (Å²) >= 11 is 0. The number of aryl methyl sites for hydroxylation is 1. The van der Waals surface area contributed by atoms with Gasteiger partial charge in [0.25, 0.3) is 0 Å². The second-order valence-electron chi connectivity index (χ2n) is 7.09. The van der Waals surface area contributed by atoms with Crippen molar-refractivity contribution in [2.75, 3.05) is 13.2 Å². The minimum absolute atomic E-state index is 0.00880. The third-order valence-electron chi connectivity index (χ3n) is 4.98. The number of ether oxygens (including phenoxy) is 1. The van der Waals surface area contributed by atoms with Gasteiger partial charge in [-0.05, 0) is 43.0 Å². The van der Waals surface area contributed by atoms with Gasteiger partial charge in [-0.15, -0.1) is 0 Å². The number of benzene rings is 2. The van der Waals surface area contributed by atoms with Gasteiger partial charge < -0.3 is 15.2 Å². The molecule has 0 aromatic heterocycles. The second-order valence-corrected chi connectivity index (χ2v) is 7.09. The van der Waals surface area contributed by atoms with Crippen molar-refractivity contribution in [2.24, 2.45) is 5.92 Å². The first-order chi connectivity index (χ1) is 13.0. The summed E-state index contributed by atoms with van der Waals surface area (Å²) in [5.74, 6) is -0.781. The van der Waals surface area contributed by atoms with Crippen LogP contribution in [0, 0.1) is 12.8 Å². The molecule has 1 amide bonds. The van der Waals surface area contributed by atoms with Crippen LogP contribution >= 0.6 is 0 Å². The summed E-state index contributed by atoms with van der Waals surface area (Å²) in [5, 5.41) is 11.9. The Labute approximate surface area is 159 Å². The van der Waals surface area contributed by atoms with Crippen LogP contribution in [0.1, 0.15) is 46.0 Å². The number of carboxylic acids is 1. The van der Waals surface area contributed by atoms with E-state index < -0.39 is 5.97 Å². The van der Waals surface area contributed by atoms with Gasteiger partial charge in [-0.25, -0.2) is 4.79 Å². The van der Waals surface area contributed by atoms with Gasteiger partial charge in [0, 0.05) is 19.1 Å². The van der Waals surface area contributed by atoms with E-state index in [4.69, 9.17) is 9.84 Å². The standard InChI is InChI=1S/C22H25NO4/c1-15-4-8-17(9-5-15)21-19(3-2-12-27-21)14-23-20(24)13-16-6-10-18(11-7-16)22(25)26/h4-11,19,21H,2-3,12-14H2,1H3,(H,23,24)(H,25,26). The maximum absolute atomic E-state index is 12.3. The molecule has 0 radical (unpaired) electrons. The lowest BCUT2D eigenvalue weighted by molar-refractivity contribution is -0.121. The van der Waals surface area contributed by atoms with E-state index >= 15 is 0 Å². The maximum atomic E-state index is 12.3. The number of aromatic carboxylic acids is 1. The van der Waals surface area contributed by atoms with Gasteiger partial charge in [0.15, 0.2) is 0 Å². The number of carbonyl (C=O) groups excluding carboxylic acids is 1. The third kappa shape index (κ3) is 5.17. The molecular formula is C22H25NO4. The summed E-state index contributed by atoms with van der Waals surface area (Å²) in [6.07, 6.45) is 2.27. The van der Waals surface area contributed by atoms with Crippen molar-refractivity contribution in [3.63, 3.8) is 0 Å². The highest BCUT2D eigenvalue weighted by Gasteiger charge is 2.27. The molecule has 2 atom stereocenters. The fraction of sp³-hybridized carbons (Fsp3) is 0.364. The molecule has 3 rings (SSSR count). The van der Waals surface area contributed by atoms with Crippen molar-refractivity contribution in [3.05, 3.63) is 70.8 Å². The van der Waals surface area contributed by atoms with Gasteiger partial charge in [-0.2, -0.15) is 0 Å². The predicted octanol–water partition coefficient (Wildman–Crippen LogP) is 3.52. The van der Waals surface area contributed by atoms with Crippen LogP contribution in [0.15, 0.2) is 48.5 Å². The number of nitrogens with one attached hydrogen (secondary N) is 1. The summed E-state index contributed by atoms with van der Waals surface area (Å²) in [6.45, 7) is 3.38. The Morgan fingerprint density at radius 3 is 2.48 bits per heavy atom. The fourth-order valence-corrected chi connectivity index (χ4v) is 3.43. The molecule has 2 aromatic rings. The summed E-state index contributed by atoms with van der Waals surface area (Å²) in [6, 6.07) is 14.8. The number of hydrogen-bond donors (Lipinski definition) is 2. The molecule has 2 aromatic carbocycles. The quantitative estimate of drug-likeness (QED) is 0.819. The number of rotatable bonds is 6. The van der Waals surface area contributed by atoms with Gasteiger partial charge in [0.1, 0.15) is 0 Å². The number of hydrogen-bond acceptors (Lipinski definition) is 3. The monoisotopic (exact) mass is 367 g/mol. The van der Waals surface area contributed by atoms with E-state index in [1.165, 1.54) is 17.7 Å². The fourth-order valence-electron chi connectivity index (χ4n) is 3.43. The smallest absolute Gasteiger partial charge is 0.335 e. The van der Waals surface area contributed by atoms with Crippen molar-refractivity contribution in [1.82, 2.24) is 5.32 Å². The molecule has 27 heavy (non-hydrogen) atoms. The van der Waals surface area contributed by atoms with Gasteiger partial charge in [-0.3, -0.25) is 4.79 Å². The Bertz CT molecular complexity index is 783. The van der Waals surface area contributed by atoms with Crippen molar-refractivity contribution in [3.8, 4) is 0 Å². The molecule has 5 nitrogen and oxygen atoms in total. The molecule has 142 valence electrons. The summed E-state index contributed by atoms with van der Waals surface area (Å²) in [4.78, 5) is 23.2. The van der Waals surface area contributed by atoms with Crippen LogP contribution < -0.4 is 5.32 Å². The Balaban J connectivity index is 1.56. The molecule has 1 saturated heterocycles. The first kappa shape index (κ1) is 19.1. The molecule has 0 saturated carbocycles. The normalized spacial score (nSPS) is 19.4. The summed E-state index contributed by atoms with van der Waals surface area (Å²) in [7, 11) is 0. The van der Waals surface area contributed by atoms with E-state index in [1.807, 2.05) is 0 Å². The molecule has 5 heteroatoms. The van der Waals surface area contributed by atoms with E-state index in [1.54, 1.807) is 12.1 Å². The summed E-state index contributed by atoms with van der Waals surface area (Å²) in [5.41, 5.74) is 3.39. The maximum Gasteiger partial charge on any atom is 0.335 e. The van der Waals surface area contributed by atoms with Gasteiger partial charge >= 0.3 is 5.97 Å². The van der Waals surface area contributed by atoms with E-state index in [0.29, 0.717) is 6.54 Å². The molecule has 2 unspecified atom stereocenters. The largest absolute Gasteiger partial charge is 0.478 e. The van der Waals surface area contributed by atoms with Crippen LogP contribution in [0.2, 0.25) is 0 Å². The molecule has 1 aliphatic rings. The molecule has 0 spiro atoms. The van der Waals surface area contributed by atoms with Crippen molar-refractivity contribution >= 4 is 11.9 Å². The molecular weight excluding hydrogens is 342 g/mol. The van der Waals surface area contributed by atoms with E-state index in [0.717, 1.165) is 30.6 Å². The van der Waals surface area contributed by atoms with Crippen LogP contribution in [-0.2, 0) is 16.0 Å². The minimum atomic E-state index is -0.967. The van der Waals surface area contributed by atoms with Crippen molar-refractivity contribution in [1.29, 1.82) is 0 Å². The lowest BCUT2D eigenvalue weighted by Gasteiger charge is -2.32. The van der Waals surface area contributed by atoms with E-state index in [-0.39, 0.29) is 29.9 Å². The first-order valence-corrected chi connectivity index (χ1v) is 9.30. The SMILES string of the molecule is Cc1ccc(C2OCCCC2CNC(=O)Cc2ccc(C(=O)O)cc2)cc1. The number of carboxylic acid groups (broad SMARTS) is 1. The van der Waals surface area contributed by atoms with Crippen LogP contribution in [0.4, 0.5) is 0 Å². The highest BCUT2D eigenvalue weighted by Crippen LogP contribution is 2.33. The number of carbonyl (C=O) groups is 2. The molecule has 0 bridgehead atoms. The summed E-state index contributed by atoms with van der Waals surface area (Å²) < 4.78 is 6.00. The lowest BCUT2D eigenvalue weighted by Crippen LogP contribution is -2.35. The zero-order valence-corrected chi connectivity index (χ0v) is 15.5. The van der Waals surface area contributed by atoms with Crippen LogP contribution in [0.25, 0.3) is 0 Å². The molecule has 1 heterocycles.